The van der Waals surface area contributed by atoms with Gasteiger partial charge in [0.05, 0.1) is 24.5 Å². The molecule has 3 heterocycles. The lowest BCUT2D eigenvalue weighted by Gasteiger charge is -2.15. The molecule has 6 nitrogen and oxygen atoms in total. The van der Waals surface area contributed by atoms with Crippen LogP contribution in [0.2, 0.25) is 5.02 Å². The molecule has 0 bridgehead atoms. The topological polar surface area (TPSA) is 79.7 Å². The zero-order valence-electron chi connectivity index (χ0n) is 15.2. The second kappa shape index (κ2) is 7.02. The summed E-state index contributed by atoms with van der Waals surface area (Å²) in [7, 11) is 0. The molecule has 1 aliphatic heterocycles. The normalized spacial score (nSPS) is 19.9. The molecule has 2 atom stereocenters. The molecular formula is C20H21ClN2O4. The standard InChI is InChI=1S/C20H21ClN2O4/c1-11-3-19-16(7-17(11)21)14(10-26-19)6-20(25)23-8-13(18(24)9-23)5-15-4-12(2)22-27-15/h3-4,7,10,13,18,24H,5-6,8-9H2,1-2H3/t13-,18+/m1/s1. The lowest BCUT2D eigenvalue weighted by atomic mass is 10.0. The molecule has 0 spiro atoms. The summed E-state index contributed by atoms with van der Waals surface area (Å²) in [5.41, 5.74) is 3.27. The summed E-state index contributed by atoms with van der Waals surface area (Å²) in [5.74, 6) is 0.640. The summed E-state index contributed by atoms with van der Waals surface area (Å²) in [4.78, 5) is 14.5. The van der Waals surface area contributed by atoms with Gasteiger partial charge in [-0.05, 0) is 31.5 Å². The first-order valence-electron chi connectivity index (χ1n) is 8.95. The number of nitrogens with zero attached hydrogens (tertiary/aromatic N) is 2. The third-order valence-electron chi connectivity index (χ3n) is 5.18. The van der Waals surface area contributed by atoms with Gasteiger partial charge in [-0.25, -0.2) is 0 Å². The number of carbonyl (C=O) groups excluding carboxylic acids is 1. The van der Waals surface area contributed by atoms with Crippen LogP contribution in [0.15, 0.2) is 33.4 Å². The Morgan fingerprint density at radius 2 is 2.15 bits per heavy atom. The number of hydrogen-bond donors (Lipinski definition) is 1. The molecule has 0 radical (unpaired) electrons. The van der Waals surface area contributed by atoms with E-state index in [1.54, 1.807) is 11.2 Å². The number of furan rings is 1. The molecule has 7 heteroatoms. The Balaban J connectivity index is 1.45. The maximum atomic E-state index is 12.8. The number of hydrogen-bond acceptors (Lipinski definition) is 5. The van der Waals surface area contributed by atoms with E-state index < -0.39 is 6.10 Å². The molecular weight excluding hydrogens is 368 g/mol. The highest BCUT2D eigenvalue weighted by Gasteiger charge is 2.34. The second-order valence-electron chi connectivity index (χ2n) is 7.30. The van der Waals surface area contributed by atoms with Crippen molar-refractivity contribution in [1.29, 1.82) is 0 Å². The average molecular weight is 389 g/mol. The third-order valence-corrected chi connectivity index (χ3v) is 5.58. The number of likely N-dealkylation sites (tertiary alicyclic amines) is 1. The molecule has 142 valence electrons. The monoisotopic (exact) mass is 388 g/mol. The first-order valence-corrected chi connectivity index (χ1v) is 9.32. The number of aromatic nitrogens is 1. The number of carbonyl (C=O) groups is 1. The Kier molecular flexibility index (Phi) is 4.70. The van der Waals surface area contributed by atoms with E-state index in [1.165, 1.54) is 0 Å². The van der Waals surface area contributed by atoms with Gasteiger partial charge in [-0.15, -0.1) is 0 Å². The van der Waals surface area contributed by atoms with Crippen LogP contribution in [-0.4, -0.2) is 40.3 Å². The van der Waals surface area contributed by atoms with Crippen LogP contribution in [0, 0.1) is 19.8 Å². The Hall–Kier alpha value is -2.31. The first kappa shape index (κ1) is 18.1. The molecule has 3 aromatic rings. The molecule has 2 aromatic heterocycles. The largest absolute Gasteiger partial charge is 0.464 e. The Morgan fingerprint density at radius 3 is 2.89 bits per heavy atom. The third kappa shape index (κ3) is 3.59. The number of β-amino-alcohol motifs (C(OH)–C–C–N with tert-alkyl or cyclic N) is 1. The summed E-state index contributed by atoms with van der Waals surface area (Å²) in [6.45, 7) is 4.59. The molecule has 27 heavy (non-hydrogen) atoms. The van der Waals surface area contributed by atoms with E-state index in [-0.39, 0.29) is 18.2 Å². The van der Waals surface area contributed by atoms with E-state index in [4.69, 9.17) is 20.5 Å². The van der Waals surface area contributed by atoms with E-state index in [9.17, 15) is 9.90 Å². The minimum absolute atomic E-state index is 0.0373. The second-order valence-corrected chi connectivity index (χ2v) is 7.71. The fourth-order valence-electron chi connectivity index (χ4n) is 3.64. The molecule has 1 aromatic carbocycles. The highest BCUT2D eigenvalue weighted by Crippen LogP contribution is 2.29. The molecule has 1 aliphatic rings. The van der Waals surface area contributed by atoms with Crippen molar-refractivity contribution in [3.8, 4) is 0 Å². The number of benzene rings is 1. The predicted molar refractivity (Wildman–Crippen MR) is 101 cm³/mol. The SMILES string of the molecule is Cc1cc(C[C@@H]2CN(C(=O)Cc3coc4cc(C)c(Cl)cc34)C[C@@H]2O)on1. The molecule has 1 N–H and O–H groups in total. The average Bonchev–Trinajstić information content (AvgIpc) is 3.30. The van der Waals surface area contributed by atoms with Crippen molar-refractivity contribution in [2.24, 2.45) is 5.92 Å². The van der Waals surface area contributed by atoms with Crippen LogP contribution in [0.4, 0.5) is 0 Å². The summed E-state index contributed by atoms with van der Waals surface area (Å²) in [6.07, 6.45) is 1.82. The lowest BCUT2D eigenvalue weighted by Crippen LogP contribution is -2.30. The first-order chi connectivity index (χ1) is 12.9. The van der Waals surface area contributed by atoms with Crippen molar-refractivity contribution < 1.29 is 18.8 Å². The number of fused-ring (bicyclic) bond motifs is 1. The number of aliphatic hydroxyl groups excluding tert-OH is 1. The van der Waals surface area contributed by atoms with Crippen molar-refractivity contribution in [3.05, 3.63) is 52.1 Å². The van der Waals surface area contributed by atoms with E-state index in [1.807, 2.05) is 32.0 Å². The highest BCUT2D eigenvalue weighted by molar-refractivity contribution is 6.32. The van der Waals surface area contributed by atoms with Crippen LogP contribution >= 0.6 is 11.6 Å². The van der Waals surface area contributed by atoms with Crippen LogP contribution in [0.1, 0.15) is 22.6 Å². The van der Waals surface area contributed by atoms with Gasteiger partial charge in [0.25, 0.3) is 0 Å². The van der Waals surface area contributed by atoms with Gasteiger partial charge in [0.1, 0.15) is 11.3 Å². The fraction of sp³-hybridized carbons (Fsp3) is 0.400. The number of halogens is 1. The lowest BCUT2D eigenvalue weighted by molar-refractivity contribution is -0.129. The minimum atomic E-state index is -0.572. The van der Waals surface area contributed by atoms with Gasteiger partial charge < -0.3 is 18.9 Å². The van der Waals surface area contributed by atoms with Crippen LogP contribution in [0.25, 0.3) is 11.0 Å². The Labute approximate surface area is 161 Å². The molecule has 1 fully saturated rings. The maximum absolute atomic E-state index is 12.8. The van der Waals surface area contributed by atoms with Crippen molar-refractivity contribution in [2.75, 3.05) is 13.1 Å². The minimum Gasteiger partial charge on any atom is -0.464 e. The molecule has 1 saturated heterocycles. The zero-order valence-corrected chi connectivity index (χ0v) is 16.0. The van der Waals surface area contributed by atoms with Crippen LogP contribution < -0.4 is 0 Å². The van der Waals surface area contributed by atoms with Crippen molar-refractivity contribution in [3.63, 3.8) is 0 Å². The van der Waals surface area contributed by atoms with Gasteiger partial charge in [-0.2, -0.15) is 0 Å². The Bertz CT molecular complexity index is 993. The summed E-state index contributed by atoms with van der Waals surface area (Å²) < 4.78 is 10.8. The molecule has 0 unspecified atom stereocenters. The fourth-order valence-corrected chi connectivity index (χ4v) is 3.81. The quantitative estimate of drug-likeness (QED) is 0.741. The van der Waals surface area contributed by atoms with E-state index in [2.05, 4.69) is 5.16 Å². The van der Waals surface area contributed by atoms with Crippen LogP contribution in [-0.2, 0) is 17.6 Å². The van der Waals surface area contributed by atoms with Crippen molar-refractivity contribution >= 4 is 28.5 Å². The van der Waals surface area contributed by atoms with Crippen LogP contribution in [0.3, 0.4) is 0 Å². The molecule has 1 amide bonds. The van der Waals surface area contributed by atoms with Gasteiger partial charge in [0.2, 0.25) is 5.91 Å². The maximum Gasteiger partial charge on any atom is 0.227 e. The van der Waals surface area contributed by atoms with Gasteiger partial charge in [-0.3, -0.25) is 4.79 Å². The molecule has 4 rings (SSSR count). The smallest absolute Gasteiger partial charge is 0.227 e. The van der Waals surface area contributed by atoms with Crippen LogP contribution in [0.5, 0.6) is 0 Å². The molecule has 0 saturated carbocycles. The number of aliphatic hydroxyl groups is 1. The predicted octanol–water partition coefficient (Wildman–Crippen LogP) is 3.30. The Morgan fingerprint density at radius 1 is 1.33 bits per heavy atom. The summed E-state index contributed by atoms with van der Waals surface area (Å²) in [5, 5.41) is 15.7. The summed E-state index contributed by atoms with van der Waals surface area (Å²) in [6, 6.07) is 5.58. The number of amides is 1. The number of aryl methyl sites for hydroxylation is 2. The van der Waals surface area contributed by atoms with Gasteiger partial charge in [0.15, 0.2) is 0 Å². The zero-order chi connectivity index (χ0) is 19.1. The number of rotatable bonds is 4. The van der Waals surface area contributed by atoms with E-state index >= 15 is 0 Å². The highest BCUT2D eigenvalue weighted by atomic mass is 35.5. The van der Waals surface area contributed by atoms with E-state index in [0.29, 0.717) is 24.5 Å². The molecule has 0 aliphatic carbocycles. The van der Waals surface area contributed by atoms with Gasteiger partial charge in [-0.1, -0.05) is 16.8 Å². The van der Waals surface area contributed by atoms with Gasteiger partial charge >= 0.3 is 0 Å². The van der Waals surface area contributed by atoms with E-state index in [0.717, 1.165) is 33.6 Å². The summed E-state index contributed by atoms with van der Waals surface area (Å²) >= 11 is 6.21. The van der Waals surface area contributed by atoms with Crippen molar-refractivity contribution in [1.82, 2.24) is 10.1 Å². The van der Waals surface area contributed by atoms with Gasteiger partial charge in [0, 0.05) is 47.5 Å². The van der Waals surface area contributed by atoms with Crippen molar-refractivity contribution in [2.45, 2.75) is 32.8 Å².